The fourth-order valence-electron chi connectivity index (χ4n) is 4.06. The van der Waals surface area contributed by atoms with Gasteiger partial charge in [-0.25, -0.2) is 4.79 Å². The molecular formula is C24H24N4O5. The smallest absolute Gasteiger partial charge is 0.408 e. The van der Waals surface area contributed by atoms with Crippen LogP contribution in [0.3, 0.4) is 0 Å². The minimum absolute atomic E-state index is 0.0884. The minimum Gasteiger partial charge on any atom is -0.480 e. The van der Waals surface area contributed by atoms with Crippen molar-refractivity contribution < 1.29 is 24.2 Å². The number of amides is 2. The molecule has 2 atom stereocenters. The molecule has 1 aliphatic rings. The van der Waals surface area contributed by atoms with E-state index in [1.54, 1.807) is 13.1 Å². The number of benzene rings is 2. The fourth-order valence-corrected chi connectivity index (χ4v) is 4.06. The van der Waals surface area contributed by atoms with Crippen LogP contribution in [0.15, 0.2) is 60.8 Å². The maximum absolute atomic E-state index is 12.7. The number of carboxylic acids is 1. The van der Waals surface area contributed by atoms with Crippen LogP contribution in [0.5, 0.6) is 0 Å². The van der Waals surface area contributed by atoms with Gasteiger partial charge in [-0.15, -0.1) is 0 Å². The van der Waals surface area contributed by atoms with Crippen LogP contribution in [0.25, 0.3) is 11.1 Å². The summed E-state index contributed by atoms with van der Waals surface area (Å²) in [6, 6.07) is 15.2. The third kappa shape index (κ3) is 4.43. The Labute approximate surface area is 190 Å². The second-order valence-corrected chi connectivity index (χ2v) is 7.85. The van der Waals surface area contributed by atoms with Crippen molar-refractivity contribution in [2.75, 3.05) is 6.61 Å². The number of aromatic nitrogens is 2. The highest BCUT2D eigenvalue weighted by atomic mass is 16.5. The van der Waals surface area contributed by atoms with Crippen LogP contribution in [-0.4, -0.2) is 45.5 Å². The summed E-state index contributed by atoms with van der Waals surface area (Å²) >= 11 is 0. The van der Waals surface area contributed by atoms with E-state index in [1.807, 2.05) is 48.5 Å². The van der Waals surface area contributed by atoms with Crippen LogP contribution in [0.2, 0.25) is 0 Å². The molecule has 170 valence electrons. The Morgan fingerprint density at radius 1 is 1.03 bits per heavy atom. The van der Waals surface area contributed by atoms with Gasteiger partial charge in [0.05, 0.1) is 5.69 Å². The monoisotopic (exact) mass is 448 g/mol. The molecule has 9 heteroatoms. The van der Waals surface area contributed by atoms with E-state index < -0.39 is 30.1 Å². The Balaban J connectivity index is 1.49. The van der Waals surface area contributed by atoms with Gasteiger partial charge in [0.1, 0.15) is 12.6 Å². The minimum atomic E-state index is -1.19. The number of carbonyl (C=O) groups excluding carboxylic acids is 2. The van der Waals surface area contributed by atoms with Crippen molar-refractivity contribution in [2.45, 2.75) is 24.9 Å². The van der Waals surface area contributed by atoms with Gasteiger partial charge < -0.3 is 20.5 Å². The van der Waals surface area contributed by atoms with Crippen molar-refractivity contribution >= 4 is 18.0 Å². The molecule has 4 rings (SSSR count). The van der Waals surface area contributed by atoms with E-state index in [-0.39, 0.29) is 12.5 Å². The number of nitrogens with one attached hydrogen (secondary N) is 2. The quantitative estimate of drug-likeness (QED) is 0.511. The third-order valence-corrected chi connectivity index (χ3v) is 5.75. The number of alkyl carbamates (subject to hydrolysis) is 1. The molecule has 0 fully saturated rings. The van der Waals surface area contributed by atoms with Crippen molar-refractivity contribution in [3.8, 4) is 11.1 Å². The van der Waals surface area contributed by atoms with Gasteiger partial charge >= 0.3 is 12.1 Å². The van der Waals surface area contributed by atoms with Crippen molar-refractivity contribution in [3.05, 3.63) is 77.6 Å². The standard InChI is InChI=1S/C24H24N4O5/c1-14(23(30)31)26-22(29)21(20-11-12-25-28(20)2)27-24(32)33-13-19-17-9-5-3-7-15(17)16-8-4-6-10-18(16)19/h3-12,14,19,21H,13H2,1-2H3,(H,26,29)(H,27,32)(H,30,31)/t14-,21?/m0/s1. The highest BCUT2D eigenvalue weighted by Gasteiger charge is 2.31. The van der Waals surface area contributed by atoms with Crippen LogP contribution >= 0.6 is 0 Å². The van der Waals surface area contributed by atoms with Gasteiger partial charge in [0, 0.05) is 19.2 Å². The van der Waals surface area contributed by atoms with Gasteiger partial charge in [0.2, 0.25) is 5.91 Å². The number of carboxylic acid groups (broad SMARTS) is 1. The molecule has 0 spiro atoms. The molecule has 0 saturated heterocycles. The van der Waals surface area contributed by atoms with Gasteiger partial charge in [0.15, 0.2) is 6.04 Å². The maximum atomic E-state index is 12.7. The first kappa shape index (κ1) is 22.1. The van der Waals surface area contributed by atoms with E-state index in [0.717, 1.165) is 22.3 Å². The average molecular weight is 448 g/mol. The lowest BCUT2D eigenvalue weighted by Gasteiger charge is -2.21. The first-order valence-electron chi connectivity index (χ1n) is 10.5. The molecule has 0 saturated carbocycles. The van der Waals surface area contributed by atoms with E-state index in [0.29, 0.717) is 5.69 Å². The van der Waals surface area contributed by atoms with Gasteiger partial charge in [0.25, 0.3) is 0 Å². The summed E-state index contributed by atoms with van der Waals surface area (Å²) in [5.41, 5.74) is 4.75. The molecule has 9 nitrogen and oxygen atoms in total. The normalized spacial score (nSPS) is 14.0. The number of fused-ring (bicyclic) bond motifs is 3. The zero-order valence-electron chi connectivity index (χ0n) is 18.2. The van der Waals surface area contributed by atoms with Gasteiger partial charge in [-0.3, -0.25) is 14.3 Å². The van der Waals surface area contributed by atoms with Gasteiger partial charge in [-0.1, -0.05) is 48.5 Å². The zero-order valence-corrected chi connectivity index (χ0v) is 18.2. The molecule has 2 amide bonds. The van der Waals surface area contributed by atoms with Crippen LogP contribution in [-0.2, 0) is 21.4 Å². The summed E-state index contributed by atoms with van der Waals surface area (Å²) in [5, 5.41) is 18.1. The second-order valence-electron chi connectivity index (χ2n) is 7.85. The summed E-state index contributed by atoms with van der Waals surface area (Å²) in [6.45, 7) is 1.43. The molecule has 33 heavy (non-hydrogen) atoms. The lowest BCUT2D eigenvalue weighted by atomic mass is 9.98. The third-order valence-electron chi connectivity index (χ3n) is 5.75. The number of carbonyl (C=O) groups is 3. The Kier molecular flexibility index (Phi) is 6.12. The van der Waals surface area contributed by atoms with E-state index in [1.165, 1.54) is 17.8 Å². The first-order chi connectivity index (χ1) is 15.9. The van der Waals surface area contributed by atoms with Gasteiger partial charge in [-0.2, -0.15) is 5.10 Å². The second kappa shape index (κ2) is 9.15. The molecule has 1 aromatic heterocycles. The van der Waals surface area contributed by atoms with Crippen LogP contribution in [0.4, 0.5) is 4.79 Å². The SMILES string of the molecule is C[C@H](NC(=O)C(NC(=O)OCC1c2ccccc2-c2ccccc21)c1ccnn1C)C(=O)O. The van der Waals surface area contributed by atoms with Crippen LogP contribution in [0.1, 0.15) is 35.7 Å². The summed E-state index contributed by atoms with van der Waals surface area (Å²) in [5.74, 6) is -1.99. The molecule has 1 unspecified atom stereocenters. The highest BCUT2D eigenvalue weighted by Crippen LogP contribution is 2.44. The number of nitrogens with zero attached hydrogens (tertiary/aromatic N) is 2. The maximum Gasteiger partial charge on any atom is 0.408 e. The number of aliphatic carboxylic acids is 1. The molecule has 0 radical (unpaired) electrons. The van der Waals surface area contributed by atoms with Crippen LogP contribution < -0.4 is 10.6 Å². The van der Waals surface area contributed by atoms with Crippen molar-refractivity contribution in [3.63, 3.8) is 0 Å². The number of aryl methyl sites for hydroxylation is 1. The summed E-state index contributed by atoms with van der Waals surface area (Å²) < 4.78 is 6.96. The summed E-state index contributed by atoms with van der Waals surface area (Å²) in [4.78, 5) is 36.6. The molecule has 2 aromatic carbocycles. The van der Waals surface area contributed by atoms with E-state index >= 15 is 0 Å². The largest absolute Gasteiger partial charge is 0.480 e. The summed E-state index contributed by atoms with van der Waals surface area (Å²) in [6.07, 6.45) is 0.691. The predicted octanol–water partition coefficient (Wildman–Crippen LogP) is 2.59. The van der Waals surface area contributed by atoms with Crippen molar-refractivity contribution in [2.24, 2.45) is 7.05 Å². The molecule has 1 heterocycles. The molecule has 3 N–H and O–H groups in total. The van der Waals surface area contributed by atoms with Gasteiger partial charge in [-0.05, 0) is 35.2 Å². The van der Waals surface area contributed by atoms with E-state index in [4.69, 9.17) is 9.84 Å². The average Bonchev–Trinajstić information content (AvgIpc) is 3.37. The molecule has 0 bridgehead atoms. The highest BCUT2D eigenvalue weighted by molar-refractivity contribution is 5.89. The van der Waals surface area contributed by atoms with E-state index in [2.05, 4.69) is 15.7 Å². The molecular weight excluding hydrogens is 424 g/mol. The molecule has 0 aliphatic heterocycles. The molecule has 1 aliphatic carbocycles. The topological polar surface area (TPSA) is 123 Å². The first-order valence-corrected chi connectivity index (χ1v) is 10.5. The Hall–Kier alpha value is -4.14. The molecule has 3 aromatic rings. The van der Waals surface area contributed by atoms with Crippen molar-refractivity contribution in [1.29, 1.82) is 0 Å². The Morgan fingerprint density at radius 2 is 1.64 bits per heavy atom. The number of hydrogen-bond acceptors (Lipinski definition) is 5. The number of ether oxygens (including phenoxy) is 1. The zero-order chi connectivity index (χ0) is 23.5. The van der Waals surface area contributed by atoms with E-state index in [9.17, 15) is 14.4 Å². The Morgan fingerprint density at radius 3 is 2.18 bits per heavy atom. The predicted molar refractivity (Wildman–Crippen MR) is 119 cm³/mol. The number of hydrogen-bond donors (Lipinski definition) is 3. The lowest BCUT2D eigenvalue weighted by molar-refractivity contribution is -0.141. The lowest BCUT2D eigenvalue weighted by Crippen LogP contribution is -2.46. The Bertz CT molecular complexity index is 1160. The van der Waals surface area contributed by atoms with Crippen molar-refractivity contribution in [1.82, 2.24) is 20.4 Å². The van der Waals surface area contributed by atoms with Crippen LogP contribution in [0, 0.1) is 0 Å². The number of rotatable bonds is 7. The summed E-state index contributed by atoms with van der Waals surface area (Å²) in [7, 11) is 1.62. The fraction of sp³-hybridized carbons (Fsp3) is 0.250.